The van der Waals surface area contributed by atoms with Gasteiger partial charge in [-0.1, -0.05) is 32.0 Å². The van der Waals surface area contributed by atoms with Crippen LogP contribution in [0.25, 0.3) is 11.3 Å². The third-order valence-corrected chi connectivity index (χ3v) is 3.98. The van der Waals surface area contributed by atoms with Gasteiger partial charge in [-0.05, 0) is 43.7 Å². The van der Waals surface area contributed by atoms with Gasteiger partial charge in [0.25, 0.3) is 5.56 Å². The maximum absolute atomic E-state index is 12.1. The van der Waals surface area contributed by atoms with Crippen LogP contribution in [0.4, 0.5) is 0 Å². The Balaban J connectivity index is 2.05. The van der Waals surface area contributed by atoms with Crippen molar-refractivity contribution in [1.29, 1.82) is 0 Å². The van der Waals surface area contributed by atoms with Crippen molar-refractivity contribution in [1.82, 2.24) is 9.97 Å². The fourth-order valence-electron chi connectivity index (χ4n) is 2.70. The summed E-state index contributed by atoms with van der Waals surface area (Å²) in [6.07, 6.45) is 3.32. The lowest BCUT2D eigenvalue weighted by molar-refractivity contribution is 0.647. The van der Waals surface area contributed by atoms with Crippen LogP contribution in [-0.4, -0.2) is 9.97 Å². The molecule has 1 aliphatic carbocycles. The molecule has 0 saturated heterocycles. The molecule has 1 aliphatic rings. The minimum atomic E-state index is -0.00355. The molecule has 0 bridgehead atoms. The average Bonchev–Trinajstić information content (AvgIpc) is 3.25. The van der Waals surface area contributed by atoms with Crippen molar-refractivity contribution < 1.29 is 0 Å². The lowest BCUT2D eigenvalue weighted by Gasteiger charge is -2.10. The van der Waals surface area contributed by atoms with Crippen molar-refractivity contribution >= 4 is 0 Å². The van der Waals surface area contributed by atoms with Gasteiger partial charge in [0.15, 0.2) is 0 Å². The van der Waals surface area contributed by atoms with E-state index in [0.29, 0.717) is 17.4 Å². The summed E-state index contributed by atoms with van der Waals surface area (Å²) in [7, 11) is 0. The number of hydrogen-bond donors (Lipinski definition) is 1. The summed E-state index contributed by atoms with van der Waals surface area (Å²) in [6, 6.07) is 8.43. The molecule has 0 amide bonds. The molecule has 2 aromatic rings. The molecule has 110 valence electrons. The van der Waals surface area contributed by atoms with Crippen molar-refractivity contribution in [2.75, 3.05) is 0 Å². The van der Waals surface area contributed by atoms with Crippen LogP contribution < -0.4 is 5.56 Å². The standard InChI is InChI=1S/C18H22N2O/c1-11(2)9-13-5-4-6-15(10-13)16-12(3)18(21)20-17(19-16)14-7-8-14/h4-6,10-11,14H,7-9H2,1-3H3,(H,19,20,21). The molecule has 3 heteroatoms. The van der Waals surface area contributed by atoms with Crippen molar-refractivity contribution in [2.45, 2.75) is 46.0 Å². The van der Waals surface area contributed by atoms with Gasteiger partial charge >= 0.3 is 0 Å². The Hall–Kier alpha value is -1.90. The Morgan fingerprint density at radius 3 is 2.76 bits per heavy atom. The van der Waals surface area contributed by atoms with Crippen LogP contribution in [0, 0.1) is 12.8 Å². The SMILES string of the molecule is Cc1c(-c2cccc(CC(C)C)c2)nc(C2CC2)[nH]c1=O. The Bertz CT molecular complexity index is 711. The maximum atomic E-state index is 12.1. The van der Waals surface area contributed by atoms with E-state index in [1.165, 1.54) is 5.56 Å². The van der Waals surface area contributed by atoms with E-state index in [2.05, 4.69) is 43.1 Å². The van der Waals surface area contributed by atoms with Gasteiger partial charge in [-0.25, -0.2) is 4.98 Å². The summed E-state index contributed by atoms with van der Waals surface area (Å²) in [5.74, 6) is 1.93. The highest BCUT2D eigenvalue weighted by Crippen LogP contribution is 2.38. The molecule has 0 spiro atoms. The molecule has 0 atom stereocenters. The van der Waals surface area contributed by atoms with Gasteiger partial charge in [-0.15, -0.1) is 0 Å². The molecule has 1 N–H and O–H groups in total. The zero-order valence-electron chi connectivity index (χ0n) is 12.9. The van der Waals surface area contributed by atoms with Gasteiger partial charge < -0.3 is 4.98 Å². The van der Waals surface area contributed by atoms with Crippen molar-refractivity contribution in [2.24, 2.45) is 5.92 Å². The van der Waals surface area contributed by atoms with E-state index in [1.807, 2.05) is 6.92 Å². The summed E-state index contributed by atoms with van der Waals surface area (Å²) >= 11 is 0. The molecule has 1 fully saturated rings. The van der Waals surface area contributed by atoms with E-state index in [0.717, 1.165) is 36.3 Å². The fraction of sp³-hybridized carbons (Fsp3) is 0.444. The molecule has 3 nitrogen and oxygen atoms in total. The van der Waals surface area contributed by atoms with Gasteiger partial charge in [0, 0.05) is 17.0 Å². The van der Waals surface area contributed by atoms with Crippen molar-refractivity contribution in [3.8, 4) is 11.3 Å². The summed E-state index contributed by atoms with van der Waals surface area (Å²) in [5.41, 5.74) is 3.90. The molecule has 1 saturated carbocycles. The number of aromatic amines is 1. The van der Waals surface area contributed by atoms with Gasteiger partial charge in [0.1, 0.15) is 5.82 Å². The van der Waals surface area contributed by atoms with Crippen LogP contribution in [0.3, 0.4) is 0 Å². The molecule has 3 rings (SSSR count). The molecule has 0 radical (unpaired) electrons. The monoisotopic (exact) mass is 282 g/mol. The predicted molar refractivity (Wildman–Crippen MR) is 85.5 cm³/mol. The minimum absolute atomic E-state index is 0.00355. The Morgan fingerprint density at radius 2 is 2.10 bits per heavy atom. The normalized spacial score (nSPS) is 14.7. The third kappa shape index (κ3) is 3.07. The first kappa shape index (κ1) is 14.1. The van der Waals surface area contributed by atoms with E-state index >= 15 is 0 Å². The average molecular weight is 282 g/mol. The molecule has 1 heterocycles. The highest BCUT2D eigenvalue weighted by Gasteiger charge is 2.27. The summed E-state index contributed by atoms with van der Waals surface area (Å²) in [4.78, 5) is 19.8. The molecule has 1 aromatic carbocycles. The smallest absolute Gasteiger partial charge is 0.254 e. The number of aromatic nitrogens is 2. The summed E-state index contributed by atoms with van der Waals surface area (Å²) in [6.45, 7) is 6.29. The van der Waals surface area contributed by atoms with E-state index < -0.39 is 0 Å². The second kappa shape index (κ2) is 5.47. The number of H-pyrrole nitrogens is 1. The predicted octanol–water partition coefficient (Wildman–Crippen LogP) is 3.82. The quantitative estimate of drug-likeness (QED) is 0.926. The number of rotatable bonds is 4. The zero-order valence-corrected chi connectivity index (χ0v) is 12.9. The van der Waals surface area contributed by atoms with E-state index in [9.17, 15) is 4.79 Å². The summed E-state index contributed by atoms with van der Waals surface area (Å²) in [5, 5.41) is 0. The number of hydrogen-bond acceptors (Lipinski definition) is 2. The van der Waals surface area contributed by atoms with Crippen LogP contribution in [0.5, 0.6) is 0 Å². The second-order valence-electron chi connectivity index (χ2n) is 6.50. The third-order valence-electron chi connectivity index (χ3n) is 3.98. The first-order chi connectivity index (χ1) is 10.0. The van der Waals surface area contributed by atoms with Gasteiger partial charge in [-0.3, -0.25) is 4.79 Å². The number of benzene rings is 1. The van der Waals surface area contributed by atoms with Crippen LogP contribution >= 0.6 is 0 Å². The van der Waals surface area contributed by atoms with Crippen molar-refractivity contribution in [3.05, 3.63) is 51.6 Å². The van der Waals surface area contributed by atoms with Gasteiger partial charge in [-0.2, -0.15) is 0 Å². The minimum Gasteiger partial charge on any atom is -0.310 e. The lowest BCUT2D eigenvalue weighted by atomic mass is 9.99. The molecular weight excluding hydrogens is 260 g/mol. The zero-order chi connectivity index (χ0) is 15.0. The van der Waals surface area contributed by atoms with E-state index in [1.54, 1.807) is 0 Å². The van der Waals surface area contributed by atoms with Crippen LogP contribution in [0.1, 0.15) is 49.6 Å². The highest BCUT2D eigenvalue weighted by atomic mass is 16.1. The first-order valence-electron chi connectivity index (χ1n) is 7.74. The first-order valence-corrected chi connectivity index (χ1v) is 7.74. The topological polar surface area (TPSA) is 45.8 Å². The molecule has 1 aromatic heterocycles. The number of nitrogens with zero attached hydrogens (tertiary/aromatic N) is 1. The van der Waals surface area contributed by atoms with E-state index in [4.69, 9.17) is 4.98 Å². The van der Waals surface area contributed by atoms with E-state index in [-0.39, 0.29) is 5.56 Å². The van der Waals surface area contributed by atoms with Crippen LogP contribution in [-0.2, 0) is 6.42 Å². The summed E-state index contributed by atoms with van der Waals surface area (Å²) < 4.78 is 0. The Morgan fingerprint density at radius 1 is 1.33 bits per heavy atom. The maximum Gasteiger partial charge on any atom is 0.254 e. The Labute approximate surface area is 125 Å². The van der Waals surface area contributed by atoms with Gasteiger partial charge in [0.05, 0.1) is 5.69 Å². The number of nitrogens with one attached hydrogen (secondary N) is 1. The van der Waals surface area contributed by atoms with Crippen LogP contribution in [0.15, 0.2) is 29.1 Å². The fourth-order valence-corrected chi connectivity index (χ4v) is 2.70. The largest absolute Gasteiger partial charge is 0.310 e. The van der Waals surface area contributed by atoms with Crippen molar-refractivity contribution in [3.63, 3.8) is 0 Å². The second-order valence-corrected chi connectivity index (χ2v) is 6.50. The highest BCUT2D eigenvalue weighted by molar-refractivity contribution is 5.63. The molecule has 0 unspecified atom stereocenters. The van der Waals surface area contributed by atoms with Gasteiger partial charge in [0.2, 0.25) is 0 Å². The Kier molecular flexibility index (Phi) is 3.66. The molecule has 21 heavy (non-hydrogen) atoms. The lowest BCUT2D eigenvalue weighted by Crippen LogP contribution is -2.15. The molecular formula is C18H22N2O. The molecule has 0 aliphatic heterocycles. The van der Waals surface area contributed by atoms with Crippen LogP contribution in [0.2, 0.25) is 0 Å².